The van der Waals surface area contributed by atoms with Crippen molar-refractivity contribution >= 4 is 16.7 Å². The maximum atomic E-state index is 12.0. The lowest BCUT2D eigenvalue weighted by Gasteiger charge is -2.04. The molecule has 0 aliphatic carbocycles. The van der Waals surface area contributed by atoms with Gasteiger partial charge in [-0.3, -0.25) is 0 Å². The van der Waals surface area contributed by atoms with Crippen LogP contribution in [0.25, 0.3) is 10.8 Å². The van der Waals surface area contributed by atoms with Gasteiger partial charge in [-0.15, -0.1) is 0 Å². The summed E-state index contributed by atoms with van der Waals surface area (Å²) in [4.78, 5) is 15.8. The Hall–Kier alpha value is -2.68. The van der Waals surface area contributed by atoms with Crippen molar-refractivity contribution in [2.45, 2.75) is 0 Å². The highest BCUT2D eigenvalue weighted by Crippen LogP contribution is 2.17. The van der Waals surface area contributed by atoms with Crippen LogP contribution >= 0.6 is 0 Å². The van der Waals surface area contributed by atoms with Crippen molar-refractivity contribution < 1.29 is 9.53 Å². The van der Waals surface area contributed by atoms with Crippen LogP contribution in [0, 0.1) is 6.20 Å². The Morgan fingerprint density at radius 2 is 1.84 bits per heavy atom. The summed E-state index contributed by atoms with van der Waals surface area (Å²) in [5, 5.41) is 2.09. The molecule has 1 radical (unpaired) electrons. The first kappa shape index (κ1) is 11.4. The van der Waals surface area contributed by atoms with Gasteiger partial charge >= 0.3 is 5.97 Å². The fourth-order valence-corrected chi connectivity index (χ4v) is 1.84. The van der Waals surface area contributed by atoms with Crippen LogP contribution in [-0.2, 0) is 0 Å². The maximum Gasteiger partial charge on any atom is 0.344 e. The van der Waals surface area contributed by atoms with E-state index < -0.39 is 5.97 Å². The Kier molecular flexibility index (Phi) is 2.94. The lowest BCUT2D eigenvalue weighted by Crippen LogP contribution is -2.09. The van der Waals surface area contributed by atoms with Crippen LogP contribution in [0.1, 0.15) is 10.4 Å². The number of benzene rings is 2. The van der Waals surface area contributed by atoms with Gasteiger partial charge in [0, 0.05) is 6.07 Å². The van der Waals surface area contributed by atoms with Crippen LogP contribution < -0.4 is 4.74 Å². The maximum absolute atomic E-state index is 12.0. The van der Waals surface area contributed by atoms with Crippen LogP contribution in [0.5, 0.6) is 5.88 Å². The van der Waals surface area contributed by atoms with Gasteiger partial charge < -0.3 is 4.74 Å². The second kappa shape index (κ2) is 4.90. The van der Waals surface area contributed by atoms with Gasteiger partial charge in [0.15, 0.2) is 0 Å². The Labute approximate surface area is 110 Å². The molecule has 3 rings (SSSR count). The van der Waals surface area contributed by atoms with Gasteiger partial charge in [0.1, 0.15) is 0 Å². The third-order valence-electron chi connectivity index (χ3n) is 2.77. The van der Waals surface area contributed by atoms with Crippen LogP contribution in [0.4, 0.5) is 0 Å². The van der Waals surface area contributed by atoms with Crippen molar-refractivity contribution in [3.05, 3.63) is 72.4 Å². The van der Waals surface area contributed by atoms with Crippen LogP contribution in [0.15, 0.2) is 60.7 Å². The molecule has 0 spiro atoms. The molecule has 0 atom stereocenters. The minimum absolute atomic E-state index is 0.251. The number of esters is 1. The molecular formula is C16H10NO2. The Morgan fingerprint density at radius 1 is 1.00 bits per heavy atom. The van der Waals surface area contributed by atoms with Crippen molar-refractivity contribution in [2.24, 2.45) is 0 Å². The van der Waals surface area contributed by atoms with Crippen molar-refractivity contribution in [2.75, 3.05) is 0 Å². The first-order valence-corrected chi connectivity index (χ1v) is 5.87. The number of nitrogens with zero attached hydrogens (tertiary/aromatic N) is 1. The Bertz CT molecular complexity index is 723. The predicted molar refractivity (Wildman–Crippen MR) is 72.0 cm³/mol. The molecule has 0 saturated carbocycles. The monoisotopic (exact) mass is 248 g/mol. The SMILES string of the molecule is O=C(Oc1ccc[c]n1)c1ccc2ccccc2c1. The van der Waals surface area contributed by atoms with Gasteiger partial charge in [-0.05, 0) is 29.0 Å². The van der Waals surface area contributed by atoms with Gasteiger partial charge in [0.25, 0.3) is 0 Å². The molecular weight excluding hydrogens is 238 g/mol. The van der Waals surface area contributed by atoms with E-state index in [-0.39, 0.29) is 5.88 Å². The number of fused-ring (bicyclic) bond motifs is 1. The Morgan fingerprint density at radius 3 is 2.63 bits per heavy atom. The van der Waals surface area contributed by atoms with E-state index in [0.29, 0.717) is 5.56 Å². The third kappa shape index (κ3) is 2.45. The Balaban J connectivity index is 1.89. The largest absolute Gasteiger partial charge is 0.404 e. The zero-order valence-electron chi connectivity index (χ0n) is 10.0. The quantitative estimate of drug-likeness (QED) is 0.653. The molecule has 0 aliphatic rings. The summed E-state index contributed by atoms with van der Waals surface area (Å²) in [7, 11) is 0. The average molecular weight is 248 g/mol. The van der Waals surface area contributed by atoms with E-state index in [4.69, 9.17) is 4.74 Å². The molecule has 0 aliphatic heterocycles. The van der Waals surface area contributed by atoms with Crippen molar-refractivity contribution in [1.82, 2.24) is 4.98 Å². The molecule has 3 aromatic rings. The molecule has 0 unspecified atom stereocenters. The third-order valence-corrected chi connectivity index (χ3v) is 2.77. The molecule has 3 heteroatoms. The van der Waals surface area contributed by atoms with Gasteiger partial charge in [-0.25, -0.2) is 9.78 Å². The number of ether oxygens (including phenoxy) is 1. The molecule has 3 nitrogen and oxygen atoms in total. The lowest BCUT2D eigenvalue weighted by atomic mass is 10.1. The molecule has 1 aromatic heterocycles. The van der Waals surface area contributed by atoms with Gasteiger partial charge in [-0.1, -0.05) is 36.4 Å². The minimum atomic E-state index is -0.419. The summed E-state index contributed by atoms with van der Waals surface area (Å²) in [6, 6.07) is 18.3. The highest BCUT2D eigenvalue weighted by atomic mass is 16.5. The fraction of sp³-hybridized carbons (Fsp3) is 0. The standard InChI is InChI=1S/C16H10NO2/c18-16(19-15-7-3-4-10-17-15)14-9-8-12-5-1-2-6-13(12)11-14/h1-9,11H. The first-order chi connectivity index (χ1) is 9.33. The summed E-state index contributed by atoms with van der Waals surface area (Å²) in [6.45, 7) is 0. The van der Waals surface area contributed by atoms with Gasteiger partial charge in [-0.2, -0.15) is 0 Å². The van der Waals surface area contributed by atoms with E-state index in [9.17, 15) is 4.79 Å². The van der Waals surface area contributed by atoms with E-state index in [1.165, 1.54) is 0 Å². The summed E-state index contributed by atoms with van der Waals surface area (Å²) >= 11 is 0. The van der Waals surface area contributed by atoms with Crippen molar-refractivity contribution in [3.8, 4) is 5.88 Å². The molecule has 1 heterocycles. The number of carbonyl (C=O) groups excluding carboxylic acids is 1. The first-order valence-electron chi connectivity index (χ1n) is 5.87. The highest BCUT2D eigenvalue weighted by molar-refractivity contribution is 5.96. The number of rotatable bonds is 2. The predicted octanol–water partition coefficient (Wildman–Crippen LogP) is 3.25. The van der Waals surface area contributed by atoms with E-state index in [1.807, 2.05) is 36.4 Å². The number of aromatic nitrogens is 1. The van der Waals surface area contributed by atoms with Crippen LogP contribution in [-0.4, -0.2) is 11.0 Å². The average Bonchev–Trinajstić information content (AvgIpc) is 2.48. The van der Waals surface area contributed by atoms with E-state index in [2.05, 4.69) is 11.2 Å². The summed E-state index contributed by atoms with van der Waals surface area (Å²) in [5.74, 6) is -0.168. The zero-order valence-corrected chi connectivity index (χ0v) is 10.0. The normalized spacial score (nSPS) is 10.3. The molecule has 0 saturated heterocycles. The van der Waals surface area contributed by atoms with Gasteiger partial charge in [0.2, 0.25) is 5.88 Å². The van der Waals surface area contributed by atoms with Crippen LogP contribution in [0.3, 0.4) is 0 Å². The summed E-state index contributed by atoms with van der Waals surface area (Å²) < 4.78 is 5.17. The molecule has 2 aromatic carbocycles. The van der Waals surface area contributed by atoms with Crippen molar-refractivity contribution in [1.29, 1.82) is 0 Å². The second-order valence-corrected chi connectivity index (χ2v) is 4.06. The minimum Gasteiger partial charge on any atom is -0.404 e. The molecule has 91 valence electrons. The molecule has 0 fully saturated rings. The number of pyridine rings is 1. The van der Waals surface area contributed by atoms with Gasteiger partial charge in [0.05, 0.1) is 11.8 Å². The van der Waals surface area contributed by atoms with E-state index in [0.717, 1.165) is 10.8 Å². The number of hydrogen-bond acceptors (Lipinski definition) is 3. The van der Waals surface area contributed by atoms with E-state index in [1.54, 1.807) is 24.3 Å². The topological polar surface area (TPSA) is 39.2 Å². The number of hydrogen-bond donors (Lipinski definition) is 0. The second-order valence-electron chi connectivity index (χ2n) is 4.06. The molecule has 0 amide bonds. The molecule has 19 heavy (non-hydrogen) atoms. The van der Waals surface area contributed by atoms with E-state index >= 15 is 0 Å². The summed E-state index contributed by atoms with van der Waals surface area (Å²) in [6.07, 6.45) is 2.62. The lowest BCUT2D eigenvalue weighted by molar-refractivity contribution is 0.0727. The zero-order chi connectivity index (χ0) is 13.1. The fourth-order valence-electron chi connectivity index (χ4n) is 1.84. The van der Waals surface area contributed by atoms with Crippen LogP contribution in [0.2, 0.25) is 0 Å². The number of carbonyl (C=O) groups is 1. The smallest absolute Gasteiger partial charge is 0.344 e. The molecule has 0 N–H and O–H groups in total. The molecule has 0 bridgehead atoms. The highest BCUT2D eigenvalue weighted by Gasteiger charge is 2.09. The summed E-state index contributed by atoms with van der Waals surface area (Å²) in [5.41, 5.74) is 0.504. The van der Waals surface area contributed by atoms with Crippen molar-refractivity contribution in [3.63, 3.8) is 0 Å².